The highest BCUT2D eigenvalue weighted by molar-refractivity contribution is 7.26. The molecule has 0 aliphatic heterocycles. The topological polar surface area (TPSA) is 26.7 Å². The Hall–Kier alpha value is -7.18. The van der Waals surface area contributed by atoms with Crippen molar-refractivity contribution in [3.63, 3.8) is 0 Å². The van der Waals surface area contributed by atoms with Gasteiger partial charge in [0.2, 0.25) is 0 Å². The van der Waals surface area contributed by atoms with Crippen LogP contribution in [0.3, 0.4) is 0 Å². The molecule has 1 N–H and O–H groups in total. The third-order valence-electron chi connectivity index (χ3n) is 11.2. The molecule has 0 bridgehead atoms. The largest absolute Gasteiger partial charge is 0.504 e. The van der Waals surface area contributed by atoms with Crippen LogP contribution in [0, 0.1) is 0 Å². The molecule has 3 nitrogen and oxygen atoms in total. The molecule has 2 heterocycles. The Bertz CT molecular complexity index is 3080. The Labute approximate surface area is 350 Å². The predicted molar refractivity (Wildman–Crippen MR) is 254 cm³/mol. The zero-order valence-electron chi connectivity index (χ0n) is 31.9. The molecule has 5 heteroatoms. The minimum absolute atomic E-state index is 0.179. The molecule has 11 rings (SSSR count). The van der Waals surface area contributed by atoms with Gasteiger partial charge in [-0.1, -0.05) is 140 Å². The standard InChI is InChI=1S/C54H36N2OS2/c57-52-48(55(38-14-3-1-4-15-38)39-16-5-2-6-17-39)24-13-25-49(52)56(40-32-28-36(29-33-40)42-20-11-22-46-44-18-7-9-26-50(44)58-53(42)46)41-34-30-37(31-35-41)43-21-12-23-47-45-19-8-10-27-51(45)59-54(43)47/h1-35,57H. The Morgan fingerprint density at radius 2 is 0.661 bits per heavy atom. The quantitative estimate of drug-likeness (QED) is 0.166. The molecule has 59 heavy (non-hydrogen) atoms. The number of para-hydroxylation sites is 3. The number of benzene rings is 9. The summed E-state index contributed by atoms with van der Waals surface area (Å²) >= 11 is 3.69. The van der Waals surface area contributed by atoms with E-state index in [9.17, 15) is 5.11 Å². The van der Waals surface area contributed by atoms with E-state index in [0.717, 1.165) is 33.9 Å². The molecule has 0 radical (unpaired) electrons. The van der Waals surface area contributed by atoms with Gasteiger partial charge in [0, 0.05) is 63.1 Å². The highest BCUT2D eigenvalue weighted by Crippen LogP contribution is 2.49. The van der Waals surface area contributed by atoms with Gasteiger partial charge >= 0.3 is 0 Å². The Balaban J connectivity index is 1.05. The molecule has 0 aliphatic carbocycles. The van der Waals surface area contributed by atoms with Crippen molar-refractivity contribution in [2.45, 2.75) is 0 Å². The van der Waals surface area contributed by atoms with Crippen LogP contribution in [0.5, 0.6) is 5.75 Å². The average molecular weight is 793 g/mol. The zero-order chi connectivity index (χ0) is 39.3. The van der Waals surface area contributed by atoms with Crippen LogP contribution in [0.4, 0.5) is 34.1 Å². The van der Waals surface area contributed by atoms with Gasteiger partial charge < -0.3 is 14.9 Å². The minimum Gasteiger partial charge on any atom is -0.504 e. The molecule has 0 atom stereocenters. The third kappa shape index (κ3) is 6.11. The number of hydrogen-bond acceptors (Lipinski definition) is 5. The highest BCUT2D eigenvalue weighted by atomic mass is 32.1. The van der Waals surface area contributed by atoms with Gasteiger partial charge in [0.05, 0.1) is 11.4 Å². The smallest absolute Gasteiger partial charge is 0.163 e. The second-order valence-electron chi connectivity index (χ2n) is 14.6. The molecule has 0 saturated heterocycles. The lowest BCUT2D eigenvalue weighted by Gasteiger charge is -2.30. The Morgan fingerprint density at radius 1 is 0.305 bits per heavy atom. The maximum absolute atomic E-state index is 12.5. The van der Waals surface area contributed by atoms with Crippen LogP contribution in [-0.2, 0) is 0 Å². The normalized spacial score (nSPS) is 11.5. The van der Waals surface area contributed by atoms with Gasteiger partial charge in [-0.05, 0) is 95.1 Å². The van der Waals surface area contributed by atoms with Gasteiger partial charge in [-0.2, -0.15) is 0 Å². The van der Waals surface area contributed by atoms with Crippen LogP contribution in [0.1, 0.15) is 0 Å². The number of rotatable bonds is 8. The van der Waals surface area contributed by atoms with E-state index in [1.54, 1.807) is 0 Å². The first-order valence-corrected chi connectivity index (χ1v) is 21.4. The molecule has 280 valence electrons. The fourth-order valence-corrected chi connectivity index (χ4v) is 10.9. The lowest BCUT2D eigenvalue weighted by Crippen LogP contribution is -2.13. The number of thiophene rings is 2. The summed E-state index contributed by atoms with van der Waals surface area (Å²) < 4.78 is 5.16. The number of hydrogen-bond donors (Lipinski definition) is 1. The molecule has 11 aromatic rings. The lowest BCUT2D eigenvalue weighted by atomic mass is 10.0. The van der Waals surface area contributed by atoms with Crippen molar-refractivity contribution in [3.8, 4) is 28.0 Å². The first kappa shape index (κ1) is 35.0. The summed E-state index contributed by atoms with van der Waals surface area (Å²) in [6.45, 7) is 0. The van der Waals surface area contributed by atoms with Crippen LogP contribution in [-0.4, -0.2) is 5.11 Å². The highest BCUT2D eigenvalue weighted by Gasteiger charge is 2.23. The summed E-state index contributed by atoms with van der Waals surface area (Å²) in [5.41, 5.74) is 9.88. The van der Waals surface area contributed by atoms with E-state index in [1.807, 2.05) is 77.3 Å². The first-order chi connectivity index (χ1) is 29.2. The van der Waals surface area contributed by atoms with E-state index in [1.165, 1.54) is 51.5 Å². The van der Waals surface area contributed by atoms with E-state index in [2.05, 4.69) is 168 Å². The Kier molecular flexibility index (Phi) is 8.69. The molecular weight excluding hydrogens is 757 g/mol. The summed E-state index contributed by atoms with van der Waals surface area (Å²) in [5.74, 6) is 0.179. The third-order valence-corrected chi connectivity index (χ3v) is 13.6. The van der Waals surface area contributed by atoms with E-state index in [-0.39, 0.29) is 5.75 Å². The molecule has 0 unspecified atom stereocenters. The van der Waals surface area contributed by atoms with Gasteiger partial charge in [-0.3, -0.25) is 0 Å². The monoisotopic (exact) mass is 792 g/mol. The van der Waals surface area contributed by atoms with Gasteiger partial charge in [-0.15, -0.1) is 22.7 Å². The summed E-state index contributed by atoms with van der Waals surface area (Å²) in [4.78, 5) is 4.28. The fourth-order valence-electron chi connectivity index (χ4n) is 8.42. The summed E-state index contributed by atoms with van der Waals surface area (Å²) in [6.07, 6.45) is 0. The van der Waals surface area contributed by atoms with Crippen LogP contribution in [0.15, 0.2) is 212 Å². The predicted octanol–water partition coefficient (Wildman–Crippen LogP) is 16.4. The van der Waals surface area contributed by atoms with E-state index in [4.69, 9.17) is 0 Å². The van der Waals surface area contributed by atoms with E-state index in [0.29, 0.717) is 11.4 Å². The van der Waals surface area contributed by atoms with Crippen LogP contribution >= 0.6 is 22.7 Å². The molecule has 0 saturated carbocycles. The van der Waals surface area contributed by atoms with Gasteiger partial charge in [0.15, 0.2) is 5.75 Å². The number of phenolic OH excluding ortho intramolecular Hbond substituents is 1. The van der Waals surface area contributed by atoms with Crippen molar-refractivity contribution in [3.05, 3.63) is 212 Å². The molecule has 9 aromatic carbocycles. The van der Waals surface area contributed by atoms with Crippen molar-refractivity contribution < 1.29 is 5.11 Å². The van der Waals surface area contributed by atoms with Crippen LogP contribution in [0.2, 0.25) is 0 Å². The minimum atomic E-state index is 0.179. The number of fused-ring (bicyclic) bond motifs is 6. The number of nitrogens with zero attached hydrogens (tertiary/aromatic N) is 2. The van der Waals surface area contributed by atoms with Crippen molar-refractivity contribution in [2.24, 2.45) is 0 Å². The molecular formula is C54H36N2OS2. The first-order valence-electron chi connectivity index (χ1n) is 19.7. The summed E-state index contributed by atoms with van der Waals surface area (Å²) in [5, 5.41) is 17.7. The summed E-state index contributed by atoms with van der Waals surface area (Å²) in [7, 11) is 0. The van der Waals surface area contributed by atoms with Crippen molar-refractivity contribution in [2.75, 3.05) is 9.80 Å². The van der Waals surface area contributed by atoms with Crippen LogP contribution < -0.4 is 9.80 Å². The molecule has 2 aromatic heterocycles. The maximum atomic E-state index is 12.5. The van der Waals surface area contributed by atoms with E-state index >= 15 is 0 Å². The van der Waals surface area contributed by atoms with E-state index < -0.39 is 0 Å². The fraction of sp³-hybridized carbons (Fsp3) is 0. The average Bonchev–Trinajstić information content (AvgIpc) is 3.88. The van der Waals surface area contributed by atoms with Crippen LogP contribution in [0.25, 0.3) is 62.6 Å². The molecule has 0 spiro atoms. The maximum Gasteiger partial charge on any atom is 0.163 e. The SMILES string of the molecule is Oc1c(N(c2ccccc2)c2ccccc2)cccc1N(c1ccc(-c2cccc3c2sc2ccccc23)cc1)c1ccc(-c2cccc3c2sc2ccccc23)cc1. The second-order valence-corrected chi connectivity index (χ2v) is 16.7. The molecule has 0 amide bonds. The van der Waals surface area contributed by atoms with Crippen molar-refractivity contribution in [1.29, 1.82) is 0 Å². The molecule has 0 fully saturated rings. The van der Waals surface area contributed by atoms with Gasteiger partial charge in [-0.25, -0.2) is 0 Å². The number of aromatic hydroxyl groups is 1. The number of phenols is 1. The van der Waals surface area contributed by atoms with Gasteiger partial charge in [0.25, 0.3) is 0 Å². The number of anilines is 6. The second kappa shape index (κ2) is 14.6. The zero-order valence-corrected chi connectivity index (χ0v) is 33.5. The van der Waals surface area contributed by atoms with Gasteiger partial charge in [0.1, 0.15) is 0 Å². The van der Waals surface area contributed by atoms with Crippen molar-refractivity contribution in [1.82, 2.24) is 0 Å². The van der Waals surface area contributed by atoms with Crippen molar-refractivity contribution >= 4 is 97.1 Å². The lowest BCUT2D eigenvalue weighted by molar-refractivity contribution is 0.478. The molecule has 0 aliphatic rings. The Morgan fingerprint density at radius 3 is 1.10 bits per heavy atom. The summed E-state index contributed by atoms with van der Waals surface area (Å²) in [6, 6.07) is 74.5.